The molecule has 0 aliphatic heterocycles. The minimum absolute atomic E-state index is 0.595. The summed E-state index contributed by atoms with van der Waals surface area (Å²) >= 11 is 1.73. The van der Waals surface area contributed by atoms with E-state index in [1.807, 2.05) is 6.92 Å². The molecule has 0 saturated carbocycles. The van der Waals surface area contributed by atoms with Crippen LogP contribution in [0.2, 0.25) is 0 Å². The summed E-state index contributed by atoms with van der Waals surface area (Å²) in [6, 6.07) is 8.44. The zero-order chi connectivity index (χ0) is 11.5. The number of hydrogen-bond donors (Lipinski definition) is 1. The molecule has 0 atom stereocenters. The van der Waals surface area contributed by atoms with Gasteiger partial charge in [-0.15, -0.1) is 11.3 Å². The second-order valence-electron chi connectivity index (χ2n) is 3.92. The fraction of sp³-hybridized carbons (Fsp3) is 0.308. The van der Waals surface area contributed by atoms with E-state index in [0.717, 1.165) is 17.1 Å². The average molecular weight is 232 g/mol. The Morgan fingerprint density at radius 2 is 2.00 bits per heavy atom. The van der Waals surface area contributed by atoms with Gasteiger partial charge in [0.2, 0.25) is 0 Å². The molecule has 84 valence electrons. The van der Waals surface area contributed by atoms with E-state index in [0.29, 0.717) is 6.54 Å². The summed E-state index contributed by atoms with van der Waals surface area (Å²) in [5.41, 5.74) is 9.41. The van der Waals surface area contributed by atoms with Gasteiger partial charge in [0.25, 0.3) is 0 Å². The third-order valence-electron chi connectivity index (χ3n) is 2.73. The summed E-state index contributed by atoms with van der Waals surface area (Å²) in [7, 11) is 0. The van der Waals surface area contributed by atoms with Crippen LogP contribution in [0.1, 0.15) is 26.7 Å². The van der Waals surface area contributed by atoms with Crippen LogP contribution < -0.4 is 5.73 Å². The molecule has 1 aromatic carbocycles. The molecule has 0 aliphatic rings. The van der Waals surface area contributed by atoms with Gasteiger partial charge in [-0.3, -0.25) is 0 Å². The molecule has 3 heteroatoms. The highest BCUT2D eigenvalue weighted by Crippen LogP contribution is 2.21. The number of hydrogen-bond acceptors (Lipinski definition) is 3. The molecule has 0 bridgehead atoms. The predicted molar refractivity (Wildman–Crippen MR) is 68.7 cm³/mol. The van der Waals surface area contributed by atoms with Crippen molar-refractivity contribution in [2.45, 2.75) is 26.8 Å². The van der Waals surface area contributed by atoms with Crippen molar-refractivity contribution in [3.05, 3.63) is 51.0 Å². The Balaban J connectivity index is 2.24. The van der Waals surface area contributed by atoms with Crippen molar-refractivity contribution < 1.29 is 0 Å². The lowest BCUT2D eigenvalue weighted by Crippen LogP contribution is -1.94. The van der Waals surface area contributed by atoms with E-state index in [1.165, 1.54) is 16.0 Å². The van der Waals surface area contributed by atoms with Crippen LogP contribution in [0.25, 0.3) is 0 Å². The number of rotatable bonds is 3. The molecule has 1 heterocycles. The van der Waals surface area contributed by atoms with Crippen molar-refractivity contribution in [2.75, 3.05) is 0 Å². The largest absolute Gasteiger partial charge is 0.326 e. The summed E-state index contributed by atoms with van der Waals surface area (Å²) < 4.78 is 0. The normalized spacial score (nSPS) is 10.7. The summed E-state index contributed by atoms with van der Waals surface area (Å²) in [4.78, 5) is 5.75. The van der Waals surface area contributed by atoms with Gasteiger partial charge >= 0.3 is 0 Å². The Morgan fingerprint density at radius 3 is 2.62 bits per heavy atom. The van der Waals surface area contributed by atoms with Gasteiger partial charge in [0.05, 0.1) is 10.7 Å². The maximum Gasteiger partial charge on any atom is 0.0975 e. The van der Waals surface area contributed by atoms with Crippen LogP contribution in [-0.2, 0) is 13.0 Å². The number of nitrogens with zero attached hydrogens (tertiary/aromatic N) is 1. The quantitative estimate of drug-likeness (QED) is 0.883. The Labute approximate surface area is 100 Å². The molecule has 16 heavy (non-hydrogen) atoms. The van der Waals surface area contributed by atoms with E-state index in [2.05, 4.69) is 36.2 Å². The SMILES string of the molecule is Cc1ccccc1Cc1nc(C)c(CN)s1. The summed E-state index contributed by atoms with van der Waals surface area (Å²) in [5, 5.41) is 1.16. The van der Waals surface area contributed by atoms with Crippen molar-refractivity contribution in [1.82, 2.24) is 4.98 Å². The Hall–Kier alpha value is -1.19. The molecule has 2 aromatic rings. The molecule has 0 saturated heterocycles. The topological polar surface area (TPSA) is 38.9 Å². The van der Waals surface area contributed by atoms with Crippen LogP contribution >= 0.6 is 11.3 Å². The summed E-state index contributed by atoms with van der Waals surface area (Å²) in [5.74, 6) is 0. The Kier molecular flexibility index (Phi) is 3.36. The lowest BCUT2D eigenvalue weighted by atomic mass is 10.1. The van der Waals surface area contributed by atoms with Crippen molar-refractivity contribution in [1.29, 1.82) is 0 Å². The van der Waals surface area contributed by atoms with E-state index in [-0.39, 0.29) is 0 Å². The highest BCUT2D eigenvalue weighted by atomic mass is 32.1. The lowest BCUT2D eigenvalue weighted by molar-refractivity contribution is 1.04. The molecular formula is C13H16N2S. The first-order valence-electron chi connectivity index (χ1n) is 5.40. The van der Waals surface area contributed by atoms with Gasteiger partial charge in [0.1, 0.15) is 0 Å². The third-order valence-corrected chi connectivity index (χ3v) is 3.91. The van der Waals surface area contributed by atoms with Crippen molar-refractivity contribution in [3.8, 4) is 0 Å². The van der Waals surface area contributed by atoms with Crippen LogP contribution in [0.3, 0.4) is 0 Å². The van der Waals surface area contributed by atoms with Gasteiger partial charge in [-0.2, -0.15) is 0 Å². The minimum Gasteiger partial charge on any atom is -0.326 e. The molecular weight excluding hydrogens is 216 g/mol. The van der Waals surface area contributed by atoms with Crippen molar-refractivity contribution >= 4 is 11.3 Å². The highest BCUT2D eigenvalue weighted by molar-refractivity contribution is 7.11. The van der Waals surface area contributed by atoms with Gasteiger partial charge < -0.3 is 5.73 Å². The van der Waals surface area contributed by atoms with Gasteiger partial charge in [0.15, 0.2) is 0 Å². The minimum atomic E-state index is 0.595. The number of benzene rings is 1. The monoisotopic (exact) mass is 232 g/mol. The number of thiazole rings is 1. The van der Waals surface area contributed by atoms with Crippen LogP contribution in [0, 0.1) is 13.8 Å². The lowest BCUT2D eigenvalue weighted by Gasteiger charge is -2.01. The molecule has 2 rings (SSSR count). The highest BCUT2D eigenvalue weighted by Gasteiger charge is 2.07. The van der Waals surface area contributed by atoms with E-state index < -0.39 is 0 Å². The molecule has 0 aliphatic carbocycles. The van der Waals surface area contributed by atoms with Gasteiger partial charge in [-0.05, 0) is 25.0 Å². The van der Waals surface area contributed by atoms with Crippen LogP contribution in [0.4, 0.5) is 0 Å². The Morgan fingerprint density at radius 1 is 1.25 bits per heavy atom. The Bertz CT molecular complexity index is 488. The fourth-order valence-corrected chi connectivity index (χ4v) is 2.70. The molecule has 0 fully saturated rings. The number of aryl methyl sites for hydroxylation is 2. The van der Waals surface area contributed by atoms with Gasteiger partial charge in [-0.25, -0.2) is 4.98 Å². The van der Waals surface area contributed by atoms with Crippen molar-refractivity contribution in [3.63, 3.8) is 0 Å². The standard InChI is InChI=1S/C13H16N2S/c1-9-5-3-4-6-11(9)7-13-15-10(2)12(8-14)16-13/h3-6H,7-8,14H2,1-2H3. The average Bonchev–Trinajstić information content (AvgIpc) is 2.62. The summed E-state index contributed by atoms with van der Waals surface area (Å²) in [6.07, 6.45) is 0.915. The maximum atomic E-state index is 5.66. The number of nitrogens with two attached hydrogens (primary N) is 1. The molecule has 2 N–H and O–H groups in total. The third kappa shape index (κ3) is 2.31. The van der Waals surface area contributed by atoms with Crippen molar-refractivity contribution in [2.24, 2.45) is 5.73 Å². The first-order valence-corrected chi connectivity index (χ1v) is 6.22. The predicted octanol–water partition coefficient (Wildman–Crippen LogP) is 2.81. The molecule has 1 aromatic heterocycles. The van der Waals surface area contributed by atoms with Crippen LogP contribution in [0.15, 0.2) is 24.3 Å². The molecule has 0 spiro atoms. The molecule has 0 unspecified atom stereocenters. The zero-order valence-electron chi connectivity index (χ0n) is 9.66. The van der Waals surface area contributed by atoms with E-state index in [9.17, 15) is 0 Å². The van der Waals surface area contributed by atoms with E-state index in [4.69, 9.17) is 5.73 Å². The van der Waals surface area contributed by atoms with Crippen LogP contribution in [0.5, 0.6) is 0 Å². The fourth-order valence-electron chi connectivity index (χ4n) is 1.72. The molecule has 0 radical (unpaired) electrons. The summed E-state index contributed by atoms with van der Waals surface area (Å²) in [6.45, 7) is 4.76. The van der Waals surface area contributed by atoms with Gasteiger partial charge in [0, 0.05) is 17.8 Å². The van der Waals surface area contributed by atoms with Gasteiger partial charge in [-0.1, -0.05) is 24.3 Å². The van der Waals surface area contributed by atoms with E-state index >= 15 is 0 Å². The number of aromatic nitrogens is 1. The first kappa shape index (κ1) is 11.3. The molecule has 2 nitrogen and oxygen atoms in total. The zero-order valence-corrected chi connectivity index (χ0v) is 10.5. The van der Waals surface area contributed by atoms with Crippen LogP contribution in [-0.4, -0.2) is 4.98 Å². The maximum absolute atomic E-state index is 5.66. The smallest absolute Gasteiger partial charge is 0.0975 e. The second kappa shape index (κ2) is 4.76. The second-order valence-corrected chi connectivity index (χ2v) is 5.09. The first-order chi connectivity index (χ1) is 7.70. The molecule has 0 amide bonds. The van der Waals surface area contributed by atoms with E-state index in [1.54, 1.807) is 11.3 Å².